The highest BCUT2D eigenvalue weighted by Gasteiger charge is 2.35. The van der Waals surface area contributed by atoms with E-state index in [9.17, 15) is 18.0 Å². The molecular formula is C18H15N3O5S. The van der Waals surface area contributed by atoms with Gasteiger partial charge in [0.15, 0.2) is 11.5 Å². The van der Waals surface area contributed by atoms with Crippen LogP contribution in [0.4, 0.5) is 5.69 Å². The van der Waals surface area contributed by atoms with Gasteiger partial charge in [0.2, 0.25) is 10.0 Å². The Labute approximate surface area is 154 Å². The molecule has 0 atom stereocenters. The summed E-state index contributed by atoms with van der Waals surface area (Å²) in [5.41, 5.74) is 1.70. The monoisotopic (exact) mass is 385 g/mol. The van der Waals surface area contributed by atoms with Crippen molar-refractivity contribution in [3.05, 3.63) is 59.5 Å². The lowest BCUT2D eigenvalue weighted by atomic mass is 10.1. The number of oxazole rings is 1. The smallest absolute Gasteiger partial charge is 0.261 e. The number of amides is 2. The molecule has 0 saturated heterocycles. The second kappa shape index (κ2) is 6.20. The van der Waals surface area contributed by atoms with Crippen LogP contribution in [-0.4, -0.2) is 42.4 Å². The second-order valence-corrected chi connectivity index (χ2v) is 7.96. The van der Waals surface area contributed by atoms with Gasteiger partial charge in [-0.2, -0.15) is 0 Å². The van der Waals surface area contributed by atoms with Crippen molar-refractivity contribution in [2.45, 2.75) is 6.92 Å². The van der Waals surface area contributed by atoms with Crippen molar-refractivity contribution in [1.29, 1.82) is 0 Å². The molecule has 1 aliphatic rings. The van der Waals surface area contributed by atoms with Crippen molar-refractivity contribution < 1.29 is 22.4 Å². The van der Waals surface area contributed by atoms with Gasteiger partial charge in [-0.25, -0.2) is 13.4 Å². The molecule has 8 nitrogen and oxygen atoms in total. The Morgan fingerprint density at radius 3 is 2.37 bits per heavy atom. The van der Waals surface area contributed by atoms with Gasteiger partial charge in [-0.3, -0.25) is 19.2 Å². The van der Waals surface area contributed by atoms with Crippen LogP contribution in [0.3, 0.4) is 0 Å². The minimum absolute atomic E-state index is 0.243. The number of hydrogen-bond acceptors (Lipinski definition) is 6. The number of carbonyl (C=O) groups is 2. The van der Waals surface area contributed by atoms with Crippen LogP contribution in [0.2, 0.25) is 0 Å². The Morgan fingerprint density at radius 2 is 1.70 bits per heavy atom. The number of imide groups is 1. The number of anilines is 1. The number of carbonyl (C=O) groups excluding carboxylic acids is 2. The summed E-state index contributed by atoms with van der Waals surface area (Å²) in [7, 11) is -3.82. The zero-order valence-corrected chi connectivity index (χ0v) is 15.1. The summed E-state index contributed by atoms with van der Waals surface area (Å²) in [6.45, 7) is 1.42. The summed E-state index contributed by atoms with van der Waals surface area (Å²) >= 11 is 0. The summed E-state index contributed by atoms with van der Waals surface area (Å²) in [5, 5.41) is 0. The van der Waals surface area contributed by atoms with Crippen molar-refractivity contribution in [1.82, 2.24) is 9.88 Å². The lowest BCUT2D eigenvalue weighted by Gasteiger charge is -2.14. The molecule has 0 bridgehead atoms. The maximum absolute atomic E-state index is 12.5. The molecule has 2 aromatic carbocycles. The van der Waals surface area contributed by atoms with Gasteiger partial charge in [-0.1, -0.05) is 18.2 Å². The Morgan fingerprint density at radius 1 is 1.04 bits per heavy atom. The molecule has 0 unspecified atom stereocenters. The SMILES string of the molecule is Cc1nc2cccc(NS(=O)(=O)CCN3C(=O)c4ccccc4C3=O)c2o1. The van der Waals surface area contributed by atoms with Gasteiger partial charge in [0.1, 0.15) is 5.52 Å². The minimum atomic E-state index is -3.82. The summed E-state index contributed by atoms with van der Waals surface area (Å²) in [6.07, 6.45) is 0. The van der Waals surface area contributed by atoms with E-state index in [2.05, 4.69) is 9.71 Å². The van der Waals surface area contributed by atoms with Gasteiger partial charge >= 0.3 is 0 Å². The van der Waals surface area contributed by atoms with Gasteiger partial charge in [-0.05, 0) is 24.3 Å². The minimum Gasteiger partial charge on any atom is -0.439 e. The molecule has 0 aliphatic carbocycles. The number of benzene rings is 2. The maximum atomic E-state index is 12.5. The van der Waals surface area contributed by atoms with Crippen molar-refractivity contribution in [2.75, 3.05) is 17.0 Å². The molecule has 0 fully saturated rings. The quantitative estimate of drug-likeness (QED) is 0.674. The molecule has 0 saturated carbocycles. The number of aryl methyl sites for hydroxylation is 1. The van der Waals surface area contributed by atoms with E-state index < -0.39 is 27.6 Å². The van der Waals surface area contributed by atoms with E-state index in [1.807, 2.05) is 0 Å². The Balaban J connectivity index is 1.51. The van der Waals surface area contributed by atoms with E-state index in [0.29, 0.717) is 17.0 Å². The first-order valence-electron chi connectivity index (χ1n) is 8.17. The number of para-hydroxylation sites is 1. The highest BCUT2D eigenvalue weighted by molar-refractivity contribution is 7.92. The fourth-order valence-electron chi connectivity index (χ4n) is 3.01. The summed E-state index contributed by atoms with van der Waals surface area (Å²) in [5.74, 6) is -0.984. The molecule has 4 rings (SSSR count). The van der Waals surface area contributed by atoms with E-state index in [1.54, 1.807) is 49.4 Å². The largest absolute Gasteiger partial charge is 0.439 e. The molecule has 1 aromatic heterocycles. The lowest BCUT2D eigenvalue weighted by Crippen LogP contribution is -2.35. The fourth-order valence-corrected chi connectivity index (χ4v) is 4.03. The third-order valence-corrected chi connectivity index (χ3v) is 5.50. The number of hydrogen-bond donors (Lipinski definition) is 1. The fraction of sp³-hybridized carbons (Fsp3) is 0.167. The van der Waals surface area contributed by atoms with Crippen LogP contribution in [0.5, 0.6) is 0 Å². The predicted octanol–water partition coefficient (Wildman–Crippen LogP) is 2.17. The van der Waals surface area contributed by atoms with Crippen LogP contribution in [0.15, 0.2) is 46.9 Å². The number of nitrogens with one attached hydrogen (secondary N) is 1. The third kappa shape index (κ3) is 3.06. The van der Waals surface area contributed by atoms with E-state index in [1.165, 1.54) is 0 Å². The van der Waals surface area contributed by atoms with Crippen molar-refractivity contribution in [3.8, 4) is 0 Å². The summed E-state index contributed by atoms with van der Waals surface area (Å²) in [6, 6.07) is 11.4. The Hall–Kier alpha value is -3.20. The van der Waals surface area contributed by atoms with E-state index >= 15 is 0 Å². The molecular weight excluding hydrogens is 370 g/mol. The molecule has 0 spiro atoms. The van der Waals surface area contributed by atoms with E-state index in [0.717, 1.165) is 4.90 Å². The average molecular weight is 385 g/mol. The van der Waals surface area contributed by atoms with Crippen molar-refractivity contribution in [2.24, 2.45) is 0 Å². The molecule has 1 N–H and O–H groups in total. The Bertz CT molecular complexity index is 1150. The normalized spacial score (nSPS) is 14.0. The van der Waals surface area contributed by atoms with Gasteiger partial charge in [0.25, 0.3) is 11.8 Å². The molecule has 2 amide bonds. The van der Waals surface area contributed by atoms with E-state index in [-0.39, 0.29) is 23.4 Å². The molecule has 1 aliphatic heterocycles. The number of rotatable bonds is 5. The molecule has 0 radical (unpaired) electrons. The highest BCUT2D eigenvalue weighted by Crippen LogP contribution is 2.26. The molecule has 27 heavy (non-hydrogen) atoms. The molecule has 2 heterocycles. The van der Waals surface area contributed by atoms with Crippen LogP contribution in [0.25, 0.3) is 11.1 Å². The van der Waals surface area contributed by atoms with Crippen LogP contribution >= 0.6 is 0 Å². The second-order valence-electron chi connectivity index (χ2n) is 6.12. The highest BCUT2D eigenvalue weighted by atomic mass is 32.2. The number of aromatic nitrogens is 1. The Kier molecular flexibility index (Phi) is 3.96. The summed E-state index contributed by atoms with van der Waals surface area (Å²) < 4.78 is 32.8. The topological polar surface area (TPSA) is 110 Å². The standard InChI is InChI=1S/C18H15N3O5S/c1-11-19-14-7-4-8-15(16(14)26-11)20-27(24,25)10-9-21-17(22)12-5-2-3-6-13(12)18(21)23/h2-8,20H,9-10H2,1H3. The van der Waals surface area contributed by atoms with Crippen LogP contribution < -0.4 is 4.72 Å². The van der Waals surface area contributed by atoms with Crippen LogP contribution in [-0.2, 0) is 10.0 Å². The number of fused-ring (bicyclic) bond motifs is 2. The summed E-state index contributed by atoms with van der Waals surface area (Å²) in [4.78, 5) is 29.8. The molecule has 138 valence electrons. The van der Waals surface area contributed by atoms with Gasteiger partial charge < -0.3 is 4.42 Å². The lowest BCUT2D eigenvalue weighted by molar-refractivity contribution is 0.0664. The van der Waals surface area contributed by atoms with Gasteiger partial charge in [0, 0.05) is 13.5 Å². The molecule has 9 heteroatoms. The number of sulfonamides is 1. The first-order valence-corrected chi connectivity index (χ1v) is 9.83. The zero-order chi connectivity index (χ0) is 19.2. The maximum Gasteiger partial charge on any atom is 0.261 e. The third-order valence-electron chi connectivity index (χ3n) is 4.25. The predicted molar refractivity (Wildman–Crippen MR) is 98.0 cm³/mol. The first kappa shape index (κ1) is 17.2. The van der Waals surface area contributed by atoms with Crippen molar-refractivity contribution >= 4 is 38.6 Å². The van der Waals surface area contributed by atoms with E-state index in [4.69, 9.17) is 4.42 Å². The first-order chi connectivity index (χ1) is 12.9. The zero-order valence-electron chi connectivity index (χ0n) is 14.3. The van der Waals surface area contributed by atoms with Crippen LogP contribution in [0, 0.1) is 6.92 Å². The van der Waals surface area contributed by atoms with Gasteiger partial charge in [-0.15, -0.1) is 0 Å². The van der Waals surface area contributed by atoms with Gasteiger partial charge in [0.05, 0.1) is 22.6 Å². The van der Waals surface area contributed by atoms with Crippen LogP contribution in [0.1, 0.15) is 26.6 Å². The average Bonchev–Trinajstić information content (AvgIpc) is 3.12. The van der Waals surface area contributed by atoms with Crippen molar-refractivity contribution in [3.63, 3.8) is 0 Å². The molecule has 3 aromatic rings. The number of nitrogens with zero attached hydrogens (tertiary/aromatic N) is 2.